The number of ether oxygens (including phenoxy) is 1. The van der Waals surface area contributed by atoms with Crippen LogP contribution in [0, 0.1) is 11.8 Å². The van der Waals surface area contributed by atoms with E-state index in [1.807, 2.05) is 0 Å². The largest absolute Gasteiger partial charge is 0.375 e. The molecule has 3 rings (SSSR count). The van der Waals surface area contributed by atoms with E-state index in [0.717, 1.165) is 24.5 Å². The first-order valence-electron chi connectivity index (χ1n) is 8.70. The molecule has 0 bridgehead atoms. The number of rotatable bonds is 5. The number of hydrogen-bond donors (Lipinski definition) is 1. The third-order valence-electron chi connectivity index (χ3n) is 5.84. The summed E-state index contributed by atoms with van der Waals surface area (Å²) in [6.07, 6.45) is 13.8. The van der Waals surface area contributed by atoms with Crippen LogP contribution in [0.1, 0.15) is 71.1 Å². The molecule has 19 heavy (non-hydrogen) atoms. The monoisotopic (exact) mass is 265 g/mol. The van der Waals surface area contributed by atoms with Gasteiger partial charge in [-0.1, -0.05) is 19.8 Å². The van der Waals surface area contributed by atoms with E-state index in [1.54, 1.807) is 0 Å². The molecule has 0 radical (unpaired) electrons. The summed E-state index contributed by atoms with van der Waals surface area (Å²) in [5, 5.41) is 3.91. The fourth-order valence-corrected chi connectivity index (χ4v) is 4.64. The number of nitrogens with one attached hydrogen (secondary N) is 1. The second-order valence-corrected chi connectivity index (χ2v) is 7.16. The van der Waals surface area contributed by atoms with Crippen molar-refractivity contribution in [2.45, 2.75) is 82.8 Å². The van der Waals surface area contributed by atoms with E-state index in [-0.39, 0.29) is 0 Å². The predicted molar refractivity (Wildman–Crippen MR) is 79.3 cm³/mol. The highest BCUT2D eigenvalue weighted by molar-refractivity contribution is 4.98. The van der Waals surface area contributed by atoms with Gasteiger partial charge in [-0.3, -0.25) is 0 Å². The molecule has 110 valence electrons. The second kappa shape index (κ2) is 6.13. The van der Waals surface area contributed by atoms with Gasteiger partial charge >= 0.3 is 0 Å². The highest BCUT2D eigenvalue weighted by atomic mass is 16.5. The summed E-state index contributed by atoms with van der Waals surface area (Å²) in [4.78, 5) is 0. The average Bonchev–Trinajstić information content (AvgIpc) is 2.92. The molecule has 0 aromatic carbocycles. The van der Waals surface area contributed by atoms with Crippen LogP contribution >= 0.6 is 0 Å². The van der Waals surface area contributed by atoms with E-state index in [4.69, 9.17) is 4.74 Å². The molecule has 2 unspecified atom stereocenters. The molecule has 2 heteroatoms. The van der Waals surface area contributed by atoms with Crippen molar-refractivity contribution >= 4 is 0 Å². The molecule has 1 N–H and O–H groups in total. The molecule has 1 heterocycles. The molecule has 2 saturated carbocycles. The molecule has 1 spiro atoms. The Balaban J connectivity index is 1.63. The Morgan fingerprint density at radius 3 is 2.53 bits per heavy atom. The van der Waals surface area contributed by atoms with Crippen LogP contribution in [-0.2, 0) is 4.74 Å². The van der Waals surface area contributed by atoms with Crippen molar-refractivity contribution < 1.29 is 4.74 Å². The van der Waals surface area contributed by atoms with E-state index < -0.39 is 0 Å². The first kappa shape index (κ1) is 13.9. The van der Waals surface area contributed by atoms with Crippen LogP contribution in [0.25, 0.3) is 0 Å². The molecular formula is C17H31NO. The Morgan fingerprint density at radius 2 is 1.89 bits per heavy atom. The van der Waals surface area contributed by atoms with Crippen molar-refractivity contribution in [2.75, 3.05) is 13.2 Å². The van der Waals surface area contributed by atoms with Gasteiger partial charge in [0.25, 0.3) is 0 Å². The summed E-state index contributed by atoms with van der Waals surface area (Å²) < 4.78 is 6.12. The molecule has 0 amide bonds. The van der Waals surface area contributed by atoms with Gasteiger partial charge < -0.3 is 10.1 Å². The minimum atomic E-state index is 0.313. The normalized spacial score (nSPS) is 32.4. The van der Waals surface area contributed by atoms with Crippen LogP contribution in [0.3, 0.4) is 0 Å². The Kier molecular flexibility index (Phi) is 4.48. The van der Waals surface area contributed by atoms with Gasteiger partial charge in [0.15, 0.2) is 0 Å². The quantitative estimate of drug-likeness (QED) is 0.814. The SMILES string of the molecule is CCCNC(C1CCCC1)C1CCOC2(CCC2)C1. The van der Waals surface area contributed by atoms with Crippen LogP contribution in [0.15, 0.2) is 0 Å². The molecule has 0 aromatic rings. The second-order valence-electron chi connectivity index (χ2n) is 7.16. The summed E-state index contributed by atoms with van der Waals surface area (Å²) in [7, 11) is 0. The minimum Gasteiger partial charge on any atom is -0.375 e. The van der Waals surface area contributed by atoms with Crippen molar-refractivity contribution in [3.63, 3.8) is 0 Å². The Morgan fingerprint density at radius 1 is 1.11 bits per heavy atom. The van der Waals surface area contributed by atoms with Gasteiger partial charge in [0.2, 0.25) is 0 Å². The van der Waals surface area contributed by atoms with Crippen LogP contribution in [-0.4, -0.2) is 24.8 Å². The maximum absolute atomic E-state index is 6.12. The molecular weight excluding hydrogens is 234 g/mol. The fourth-order valence-electron chi connectivity index (χ4n) is 4.64. The summed E-state index contributed by atoms with van der Waals surface area (Å²) in [6, 6.07) is 0.781. The summed E-state index contributed by atoms with van der Waals surface area (Å²) in [5.74, 6) is 1.83. The van der Waals surface area contributed by atoms with Gasteiger partial charge in [0, 0.05) is 12.6 Å². The lowest BCUT2D eigenvalue weighted by Crippen LogP contribution is -2.52. The molecule has 2 atom stereocenters. The van der Waals surface area contributed by atoms with Gasteiger partial charge in [-0.15, -0.1) is 0 Å². The van der Waals surface area contributed by atoms with Crippen molar-refractivity contribution in [1.82, 2.24) is 5.32 Å². The predicted octanol–water partition coefficient (Wildman–Crippen LogP) is 3.89. The van der Waals surface area contributed by atoms with E-state index in [9.17, 15) is 0 Å². The molecule has 1 saturated heterocycles. The third-order valence-corrected chi connectivity index (χ3v) is 5.84. The minimum absolute atomic E-state index is 0.313. The standard InChI is InChI=1S/C17H31NO/c1-2-11-18-16(14-6-3-4-7-14)15-8-12-19-17(13-15)9-5-10-17/h14-16,18H,2-13H2,1H3. The van der Waals surface area contributed by atoms with Gasteiger partial charge in [-0.2, -0.15) is 0 Å². The number of hydrogen-bond acceptors (Lipinski definition) is 2. The molecule has 0 aromatic heterocycles. The smallest absolute Gasteiger partial charge is 0.0685 e. The summed E-state index contributed by atoms with van der Waals surface area (Å²) >= 11 is 0. The van der Waals surface area contributed by atoms with E-state index >= 15 is 0 Å². The third kappa shape index (κ3) is 3.00. The zero-order valence-corrected chi connectivity index (χ0v) is 12.6. The lowest BCUT2D eigenvalue weighted by atomic mass is 9.68. The maximum Gasteiger partial charge on any atom is 0.0685 e. The first-order chi connectivity index (χ1) is 9.33. The van der Waals surface area contributed by atoms with Gasteiger partial charge in [0.05, 0.1) is 5.60 Å². The van der Waals surface area contributed by atoms with Gasteiger partial charge in [-0.05, 0) is 69.7 Å². The summed E-state index contributed by atoms with van der Waals surface area (Å²) in [6.45, 7) is 4.50. The Hall–Kier alpha value is -0.0800. The molecule has 2 nitrogen and oxygen atoms in total. The van der Waals surface area contributed by atoms with Crippen LogP contribution in [0.2, 0.25) is 0 Å². The topological polar surface area (TPSA) is 21.3 Å². The molecule has 2 aliphatic carbocycles. The van der Waals surface area contributed by atoms with Crippen molar-refractivity contribution in [2.24, 2.45) is 11.8 Å². The van der Waals surface area contributed by atoms with Crippen molar-refractivity contribution in [3.8, 4) is 0 Å². The van der Waals surface area contributed by atoms with Crippen LogP contribution in [0.4, 0.5) is 0 Å². The van der Waals surface area contributed by atoms with Crippen LogP contribution in [0.5, 0.6) is 0 Å². The highest BCUT2D eigenvalue weighted by Gasteiger charge is 2.45. The lowest BCUT2D eigenvalue weighted by molar-refractivity contribution is -0.149. The Labute approximate surface area is 118 Å². The summed E-state index contributed by atoms with van der Waals surface area (Å²) in [5.41, 5.74) is 0.313. The van der Waals surface area contributed by atoms with E-state index in [2.05, 4.69) is 12.2 Å². The Bertz CT molecular complexity index is 281. The first-order valence-corrected chi connectivity index (χ1v) is 8.70. The zero-order valence-electron chi connectivity index (χ0n) is 12.6. The zero-order chi connectivity index (χ0) is 13.1. The fraction of sp³-hybridized carbons (Fsp3) is 1.00. The van der Waals surface area contributed by atoms with Gasteiger partial charge in [-0.25, -0.2) is 0 Å². The average molecular weight is 265 g/mol. The lowest BCUT2D eigenvalue weighted by Gasteiger charge is -2.49. The van der Waals surface area contributed by atoms with Crippen molar-refractivity contribution in [1.29, 1.82) is 0 Å². The van der Waals surface area contributed by atoms with E-state index in [0.29, 0.717) is 5.60 Å². The molecule has 1 aliphatic heterocycles. The highest BCUT2D eigenvalue weighted by Crippen LogP contribution is 2.46. The van der Waals surface area contributed by atoms with Gasteiger partial charge in [0.1, 0.15) is 0 Å². The van der Waals surface area contributed by atoms with Crippen molar-refractivity contribution in [3.05, 3.63) is 0 Å². The molecule has 3 aliphatic rings. The van der Waals surface area contributed by atoms with Crippen LogP contribution < -0.4 is 5.32 Å². The molecule has 3 fully saturated rings. The maximum atomic E-state index is 6.12. The van der Waals surface area contributed by atoms with E-state index in [1.165, 1.54) is 70.8 Å².